The van der Waals surface area contributed by atoms with Gasteiger partial charge in [0.1, 0.15) is 16.5 Å². The number of rotatable bonds is 2. The van der Waals surface area contributed by atoms with E-state index in [0.29, 0.717) is 0 Å². The third kappa shape index (κ3) is 2.16. The van der Waals surface area contributed by atoms with Crippen LogP contribution >= 0.6 is 11.6 Å². The summed E-state index contributed by atoms with van der Waals surface area (Å²) < 4.78 is 18.8. The van der Waals surface area contributed by atoms with Crippen LogP contribution in [0.1, 0.15) is 20.7 Å². The van der Waals surface area contributed by atoms with E-state index < -0.39 is 17.4 Å². The molecule has 2 aromatic rings. The third-order valence-corrected chi connectivity index (χ3v) is 3.59. The van der Waals surface area contributed by atoms with Crippen LogP contribution in [0.3, 0.4) is 0 Å². The first-order chi connectivity index (χ1) is 10.5. The first-order valence-electron chi connectivity index (χ1n) is 6.30. The number of ether oxygens (including phenoxy) is 1. The second-order valence-corrected chi connectivity index (χ2v) is 4.98. The fourth-order valence-electron chi connectivity index (χ4n) is 2.13. The Balaban J connectivity index is 2.08. The average molecular weight is 318 g/mol. The molecule has 0 aromatic heterocycles. The second-order valence-electron chi connectivity index (χ2n) is 4.60. The molecular weight excluding hydrogens is 309 g/mol. The van der Waals surface area contributed by atoms with Crippen molar-refractivity contribution >= 4 is 28.9 Å². The summed E-state index contributed by atoms with van der Waals surface area (Å²) in [5, 5.41) is -0.354. The number of carbonyl (C=O) groups is 2. The normalized spacial score (nSPS) is 14.1. The number of hydrogen-bond donors (Lipinski definition) is 1. The van der Waals surface area contributed by atoms with Crippen molar-refractivity contribution in [3.8, 4) is 5.75 Å². The first kappa shape index (κ1) is 14.3. The van der Waals surface area contributed by atoms with Crippen molar-refractivity contribution in [3.63, 3.8) is 0 Å². The maximum atomic E-state index is 13.4. The molecule has 4 nitrogen and oxygen atoms in total. The zero-order valence-corrected chi connectivity index (χ0v) is 11.9. The zero-order chi connectivity index (χ0) is 15.9. The van der Waals surface area contributed by atoms with Gasteiger partial charge in [0.25, 0.3) is 0 Å². The van der Waals surface area contributed by atoms with Crippen molar-refractivity contribution < 1.29 is 18.7 Å². The molecule has 0 heterocycles. The fraction of sp³-hybridized carbons (Fsp3) is 0. The summed E-state index contributed by atoms with van der Waals surface area (Å²) in [6, 6.07) is 10.2. The van der Waals surface area contributed by atoms with E-state index in [1.165, 1.54) is 24.3 Å². The third-order valence-electron chi connectivity index (χ3n) is 3.25. The molecule has 0 unspecified atom stereocenters. The minimum atomic E-state index is -0.691. The van der Waals surface area contributed by atoms with Crippen LogP contribution in [0.25, 0.3) is 0 Å². The summed E-state index contributed by atoms with van der Waals surface area (Å²) >= 11 is 5.95. The Morgan fingerprint density at radius 1 is 0.955 bits per heavy atom. The number of Topliss-reactive ketones (excluding diaryl/α,β-unsaturated/α-hetero) is 2. The maximum Gasteiger partial charge on any atom is 0.230 e. The van der Waals surface area contributed by atoms with Gasteiger partial charge in [0.05, 0.1) is 0 Å². The Morgan fingerprint density at radius 3 is 2.27 bits per heavy atom. The summed E-state index contributed by atoms with van der Waals surface area (Å²) in [6.45, 7) is 0. The molecule has 3 rings (SSSR count). The molecule has 0 saturated heterocycles. The molecule has 1 aliphatic carbocycles. The number of carbonyl (C=O) groups excluding carboxylic acids is 2. The molecule has 2 aromatic carbocycles. The summed E-state index contributed by atoms with van der Waals surface area (Å²) in [6.07, 6.45) is 0. The number of fused-ring (bicyclic) bond motifs is 1. The van der Waals surface area contributed by atoms with Crippen LogP contribution in [0.4, 0.5) is 10.1 Å². The number of benzene rings is 2. The summed E-state index contributed by atoms with van der Waals surface area (Å²) in [5.41, 5.74) is 5.68. The molecule has 0 bridgehead atoms. The molecule has 0 fully saturated rings. The Kier molecular flexibility index (Phi) is 3.42. The van der Waals surface area contributed by atoms with Crippen molar-refractivity contribution in [1.29, 1.82) is 0 Å². The highest BCUT2D eigenvalue weighted by Gasteiger charge is 2.33. The minimum absolute atomic E-state index is 0.0753. The lowest BCUT2D eigenvalue weighted by molar-refractivity contribution is 0.0943. The van der Waals surface area contributed by atoms with Gasteiger partial charge in [-0.05, 0) is 12.1 Å². The number of hydrogen-bond acceptors (Lipinski definition) is 4. The van der Waals surface area contributed by atoms with Gasteiger partial charge in [0.15, 0.2) is 11.5 Å². The molecule has 0 atom stereocenters. The minimum Gasteiger partial charge on any atom is -0.449 e. The number of nitrogen functional groups attached to an aromatic ring is 1. The highest BCUT2D eigenvalue weighted by atomic mass is 35.5. The highest BCUT2D eigenvalue weighted by Crippen LogP contribution is 2.32. The number of anilines is 1. The average Bonchev–Trinajstić information content (AvgIpc) is 2.53. The topological polar surface area (TPSA) is 69.4 Å². The van der Waals surface area contributed by atoms with Crippen LogP contribution in [-0.2, 0) is 0 Å². The maximum absolute atomic E-state index is 13.4. The number of allylic oxidation sites excluding steroid dienone is 2. The van der Waals surface area contributed by atoms with Gasteiger partial charge in [0.2, 0.25) is 11.6 Å². The molecular formula is C16H9ClFNO3. The molecule has 0 spiro atoms. The predicted molar refractivity (Wildman–Crippen MR) is 79.4 cm³/mol. The molecule has 0 aliphatic heterocycles. The lowest BCUT2D eigenvalue weighted by Crippen LogP contribution is -2.23. The van der Waals surface area contributed by atoms with Crippen LogP contribution in [0.2, 0.25) is 0 Å². The van der Waals surface area contributed by atoms with Crippen molar-refractivity contribution in [2.24, 2.45) is 0 Å². The zero-order valence-electron chi connectivity index (χ0n) is 11.1. The van der Waals surface area contributed by atoms with Gasteiger partial charge < -0.3 is 10.5 Å². The van der Waals surface area contributed by atoms with Crippen molar-refractivity contribution in [2.75, 3.05) is 5.73 Å². The summed E-state index contributed by atoms with van der Waals surface area (Å²) in [7, 11) is 0. The van der Waals surface area contributed by atoms with E-state index in [2.05, 4.69) is 0 Å². The Bertz CT molecular complexity index is 845. The lowest BCUT2D eigenvalue weighted by Gasteiger charge is -2.18. The van der Waals surface area contributed by atoms with E-state index >= 15 is 0 Å². The fourth-order valence-corrected chi connectivity index (χ4v) is 2.36. The Labute approximate surface area is 129 Å². The van der Waals surface area contributed by atoms with Gasteiger partial charge in [-0.1, -0.05) is 41.9 Å². The van der Waals surface area contributed by atoms with Gasteiger partial charge >= 0.3 is 0 Å². The molecule has 0 amide bonds. The largest absolute Gasteiger partial charge is 0.449 e. The van der Waals surface area contributed by atoms with Gasteiger partial charge in [-0.2, -0.15) is 0 Å². The monoisotopic (exact) mass is 317 g/mol. The predicted octanol–water partition coefficient (Wildman–Crippen LogP) is 3.32. The summed E-state index contributed by atoms with van der Waals surface area (Å²) in [5.74, 6) is -2.20. The Morgan fingerprint density at radius 2 is 1.59 bits per heavy atom. The van der Waals surface area contributed by atoms with Gasteiger partial charge in [-0.3, -0.25) is 9.59 Å². The van der Waals surface area contributed by atoms with Gasteiger partial charge in [-0.25, -0.2) is 4.39 Å². The van der Waals surface area contributed by atoms with Crippen LogP contribution in [-0.4, -0.2) is 11.6 Å². The molecule has 110 valence electrons. The molecule has 1 aliphatic rings. The molecule has 0 saturated carbocycles. The lowest BCUT2D eigenvalue weighted by atomic mass is 9.93. The standard InChI is InChI=1S/C16H9ClFNO3/c17-12-14(20)8-4-1-2-5-9(8)15(21)16(12)22-11-7-3-6-10(18)13(11)19/h1-7H,19H2. The van der Waals surface area contributed by atoms with Crippen LogP contribution in [0.5, 0.6) is 5.75 Å². The second kappa shape index (κ2) is 5.27. The molecule has 22 heavy (non-hydrogen) atoms. The van der Waals surface area contributed by atoms with Crippen molar-refractivity contribution in [1.82, 2.24) is 0 Å². The van der Waals surface area contributed by atoms with Crippen LogP contribution < -0.4 is 10.5 Å². The van der Waals surface area contributed by atoms with Crippen molar-refractivity contribution in [2.45, 2.75) is 0 Å². The van der Waals surface area contributed by atoms with Gasteiger partial charge in [0, 0.05) is 11.1 Å². The Hall–Kier alpha value is -2.66. The van der Waals surface area contributed by atoms with E-state index in [1.807, 2.05) is 0 Å². The number of ketones is 2. The van der Waals surface area contributed by atoms with E-state index in [0.717, 1.165) is 6.07 Å². The van der Waals surface area contributed by atoms with E-state index in [4.69, 9.17) is 22.1 Å². The van der Waals surface area contributed by atoms with E-state index in [1.54, 1.807) is 12.1 Å². The van der Waals surface area contributed by atoms with Crippen LogP contribution in [0, 0.1) is 5.82 Å². The van der Waals surface area contributed by atoms with Crippen LogP contribution in [0.15, 0.2) is 53.3 Å². The van der Waals surface area contributed by atoms with E-state index in [9.17, 15) is 14.0 Å². The number of halogens is 2. The van der Waals surface area contributed by atoms with Crippen molar-refractivity contribution in [3.05, 3.63) is 70.2 Å². The molecule has 6 heteroatoms. The quantitative estimate of drug-likeness (QED) is 0.863. The summed E-state index contributed by atoms with van der Waals surface area (Å²) in [4.78, 5) is 24.6. The smallest absolute Gasteiger partial charge is 0.230 e. The van der Waals surface area contributed by atoms with Gasteiger partial charge in [-0.15, -0.1) is 0 Å². The molecule has 0 radical (unpaired) electrons. The van der Waals surface area contributed by atoms with E-state index in [-0.39, 0.29) is 33.4 Å². The first-order valence-corrected chi connectivity index (χ1v) is 6.68. The highest BCUT2D eigenvalue weighted by molar-refractivity contribution is 6.49. The SMILES string of the molecule is Nc1c(F)cccc1OC1=C(Cl)C(=O)c2ccccc2C1=O. The number of nitrogens with two attached hydrogens (primary N) is 1. The molecule has 2 N–H and O–H groups in total. The number of para-hydroxylation sites is 1.